The fourth-order valence-corrected chi connectivity index (χ4v) is 8.00. The molecule has 0 rings (SSSR count). The summed E-state index contributed by atoms with van der Waals surface area (Å²) in [6, 6.07) is 0. The van der Waals surface area contributed by atoms with Crippen LogP contribution >= 0.6 is 0 Å². The molecule has 298 valence electrons. The molecule has 4 nitrogen and oxygen atoms in total. The summed E-state index contributed by atoms with van der Waals surface area (Å²) in [6.45, 7) is 4.57. The monoisotopic (exact) mass is 707 g/mol. The van der Waals surface area contributed by atoms with Crippen molar-refractivity contribution in [3.63, 3.8) is 0 Å². The van der Waals surface area contributed by atoms with Crippen LogP contribution in [-0.4, -0.2) is 22.2 Å². The molecule has 0 fully saturated rings. The molecule has 2 N–H and O–H groups in total. The van der Waals surface area contributed by atoms with Gasteiger partial charge in [-0.05, 0) is 25.7 Å². The van der Waals surface area contributed by atoms with Gasteiger partial charge in [0, 0.05) is 6.42 Å². The first-order valence-electron chi connectivity index (χ1n) is 22.9. The van der Waals surface area contributed by atoms with Crippen LogP contribution in [0.3, 0.4) is 0 Å². The minimum Gasteiger partial charge on any atom is -0.481 e. The molecule has 0 saturated carbocycles. The van der Waals surface area contributed by atoms with Crippen molar-refractivity contribution < 1.29 is 19.8 Å². The van der Waals surface area contributed by atoms with Gasteiger partial charge in [0.05, 0.1) is 5.41 Å². The molecule has 0 heterocycles. The van der Waals surface area contributed by atoms with Crippen LogP contribution in [0.15, 0.2) is 0 Å². The number of carbonyl (C=O) groups is 2. The van der Waals surface area contributed by atoms with Crippen LogP contribution in [0, 0.1) is 5.41 Å². The van der Waals surface area contributed by atoms with E-state index in [1.165, 1.54) is 205 Å². The van der Waals surface area contributed by atoms with E-state index in [0.717, 1.165) is 25.7 Å². The number of hydrogen-bond donors (Lipinski definition) is 2. The second-order valence-electron chi connectivity index (χ2n) is 16.4. The highest BCUT2D eigenvalue weighted by Crippen LogP contribution is 2.38. The Morgan fingerprint density at radius 2 is 0.520 bits per heavy atom. The minimum absolute atomic E-state index is 0.0767. The van der Waals surface area contributed by atoms with E-state index < -0.39 is 17.4 Å². The molecule has 0 amide bonds. The first-order valence-corrected chi connectivity index (χ1v) is 22.9. The Kier molecular flexibility index (Phi) is 38.3. The number of unbranched alkanes of at least 4 members (excludes halogenated alkanes) is 34. The topological polar surface area (TPSA) is 74.6 Å². The Labute approximate surface area is 313 Å². The van der Waals surface area contributed by atoms with Crippen LogP contribution in [0.2, 0.25) is 0 Å². The van der Waals surface area contributed by atoms with Crippen molar-refractivity contribution in [2.24, 2.45) is 5.41 Å². The molecule has 0 aliphatic heterocycles. The molecule has 0 unspecified atom stereocenters. The van der Waals surface area contributed by atoms with Crippen molar-refractivity contribution in [3.8, 4) is 0 Å². The maximum atomic E-state index is 12.6. The molecule has 4 heteroatoms. The molecule has 0 bridgehead atoms. The van der Waals surface area contributed by atoms with E-state index in [0.29, 0.717) is 25.7 Å². The minimum atomic E-state index is -0.814. The zero-order valence-corrected chi connectivity index (χ0v) is 34.2. The van der Waals surface area contributed by atoms with Gasteiger partial charge in [-0.25, -0.2) is 0 Å². The molecule has 0 aromatic carbocycles. The number of rotatable bonds is 43. The number of hydrogen-bond acceptors (Lipinski definition) is 2. The number of carboxylic acid groups (broad SMARTS) is 2. The van der Waals surface area contributed by atoms with E-state index in [1.807, 2.05) is 0 Å². The van der Waals surface area contributed by atoms with Crippen molar-refractivity contribution in [1.82, 2.24) is 0 Å². The third-order valence-electron chi connectivity index (χ3n) is 11.5. The van der Waals surface area contributed by atoms with Gasteiger partial charge in [0.15, 0.2) is 0 Å². The third-order valence-corrected chi connectivity index (χ3v) is 11.5. The van der Waals surface area contributed by atoms with Gasteiger partial charge in [0.1, 0.15) is 0 Å². The lowest BCUT2D eigenvalue weighted by Gasteiger charge is -2.30. The highest BCUT2D eigenvalue weighted by atomic mass is 16.4. The van der Waals surface area contributed by atoms with Gasteiger partial charge in [-0.2, -0.15) is 0 Å². The molecule has 0 spiro atoms. The largest absolute Gasteiger partial charge is 0.481 e. The van der Waals surface area contributed by atoms with Crippen LogP contribution in [0.5, 0.6) is 0 Å². The quantitative estimate of drug-likeness (QED) is 0.0619. The Bertz CT molecular complexity index is 664. The van der Waals surface area contributed by atoms with Crippen LogP contribution in [-0.2, 0) is 9.59 Å². The molecule has 0 aromatic rings. The molecule has 0 aliphatic rings. The molecule has 50 heavy (non-hydrogen) atoms. The van der Waals surface area contributed by atoms with Gasteiger partial charge in [-0.1, -0.05) is 245 Å². The summed E-state index contributed by atoms with van der Waals surface area (Å²) in [4.78, 5) is 23.8. The lowest BCUT2D eigenvalue weighted by Crippen LogP contribution is -2.31. The molecule has 0 aliphatic carbocycles. The zero-order valence-electron chi connectivity index (χ0n) is 34.2. The Balaban J connectivity index is 3.96. The van der Waals surface area contributed by atoms with Crippen LogP contribution in [0.25, 0.3) is 0 Å². The summed E-state index contributed by atoms with van der Waals surface area (Å²) in [5, 5.41) is 19.5. The Morgan fingerprint density at radius 1 is 0.320 bits per heavy atom. The van der Waals surface area contributed by atoms with Crippen molar-refractivity contribution in [2.45, 2.75) is 277 Å². The number of carboxylic acids is 2. The Morgan fingerprint density at radius 3 is 0.720 bits per heavy atom. The number of aliphatic carboxylic acids is 2. The fraction of sp³-hybridized carbons (Fsp3) is 0.957. The summed E-state index contributed by atoms with van der Waals surface area (Å²) >= 11 is 0. The highest BCUT2D eigenvalue weighted by molar-refractivity contribution is 5.74. The van der Waals surface area contributed by atoms with Gasteiger partial charge < -0.3 is 10.2 Å². The van der Waals surface area contributed by atoms with Gasteiger partial charge in [-0.15, -0.1) is 0 Å². The molecule has 0 radical (unpaired) electrons. The lowest BCUT2D eigenvalue weighted by molar-refractivity contribution is -0.151. The molecular weight excluding hydrogens is 617 g/mol. The smallest absolute Gasteiger partial charge is 0.309 e. The van der Waals surface area contributed by atoms with E-state index in [1.54, 1.807) is 0 Å². The van der Waals surface area contributed by atoms with Crippen molar-refractivity contribution in [2.75, 3.05) is 0 Å². The molecule has 0 saturated heterocycles. The summed E-state index contributed by atoms with van der Waals surface area (Å²) in [7, 11) is 0. The van der Waals surface area contributed by atoms with Crippen LogP contribution in [0.1, 0.15) is 277 Å². The van der Waals surface area contributed by atoms with E-state index in [2.05, 4.69) is 13.8 Å². The normalized spacial score (nSPS) is 11.8. The average molecular weight is 707 g/mol. The highest BCUT2D eigenvalue weighted by Gasteiger charge is 2.36. The molecule has 0 aromatic heterocycles. The Hall–Kier alpha value is -1.06. The van der Waals surface area contributed by atoms with E-state index >= 15 is 0 Å². The van der Waals surface area contributed by atoms with Crippen molar-refractivity contribution in [3.05, 3.63) is 0 Å². The molecular formula is C46H90O4. The van der Waals surface area contributed by atoms with Crippen LogP contribution in [0.4, 0.5) is 0 Å². The maximum absolute atomic E-state index is 12.6. The summed E-state index contributed by atoms with van der Waals surface area (Å²) in [6.07, 6.45) is 50.5. The summed E-state index contributed by atoms with van der Waals surface area (Å²) in [5.74, 6) is -1.51. The van der Waals surface area contributed by atoms with Crippen molar-refractivity contribution >= 4 is 11.9 Å². The van der Waals surface area contributed by atoms with Gasteiger partial charge in [0.2, 0.25) is 0 Å². The second-order valence-corrected chi connectivity index (χ2v) is 16.4. The van der Waals surface area contributed by atoms with Gasteiger partial charge in [0.25, 0.3) is 0 Å². The predicted molar refractivity (Wildman–Crippen MR) is 218 cm³/mol. The zero-order chi connectivity index (χ0) is 36.6. The molecule has 0 atom stereocenters. The van der Waals surface area contributed by atoms with Crippen LogP contribution < -0.4 is 0 Å². The standard InChI is InChI=1S/C46H90O4/c1-3-5-7-9-11-13-15-17-19-21-23-25-27-29-31-33-35-37-41-46(45(49)50,43-39-40-44(47)48)42-38-36-34-32-30-28-26-24-22-20-18-16-14-12-10-8-6-4-2/h3-43H2,1-2H3,(H,47,48)(H,49,50). The van der Waals surface area contributed by atoms with E-state index in [9.17, 15) is 19.8 Å². The van der Waals surface area contributed by atoms with Gasteiger partial charge >= 0.3 is 11.9 Å². The third kappa shape index (κ3) is 34.0. The predicted octanol–water partition coefficient (Wildman–Crippen LogP) is 16.2. The average Bonchev–Trinajstić information content (AvgIpc) is 3.10. The maximum Gasteiger partial charge on any atom is 0.309 e. The van der Waals surface area contributed by atoms with E-state index in [4.69, 9.17) is 0 Å². The van der Waals surface area contributed by atoms with Gasteiger partial charge in [-0.3, -0.25) is 9.59 Å². The lowest BCUT2D eigenvalue weighted by atomic mass is 9.74. The summed E-state index contributed by atoms with van der Waals surface area (Å²) in [5.41, 5.74) is -0.737. The van der Waals surface area contributed by atoms with E-state index in [-0.39, 0.29) is 6.42 Å². The summed E-state index contributed by atoms with van der Waals surface area (Å²) < 4.78 is 0. The second kappa shape index (κ2) is 39.2. The first-order chi connectivity index (χ1) is 24.5. The fourth-order valence-electron chi connectivity index (χ4n) is 8.00. The SMILES string of the molecule is CCCCCCCCCCCCCCCCCCCCC(CCCCCCCCCCCCCCCCCCCC)(CCCC(=O)O)C(=O)O. The first kappa shape index (κ1) is 48.9. The van der Waals surface area contributed by atoms with Crippen molar-refractivity contribution in [1.29, 1.82) is 0 Å².